The summed E-state index contributed by atoms with van der Waals surface area (Å²) in [5.41, 5.74) is 3.70. The molecule has 16 heteroatoms. The van der Waals surface area contributed by atoms with Gasteiger partial charge in [0.25, 0.3) is 0 Å². The van der Waals surface area contributed by atoms with E-state index in [1.54, 1.807) is 12.3 Å². The number of fused-ring (bicyclic) bond motifs is 2. The lowest BCUT2D eigenvalue weighted by atomic mass is 9.80. The molecule has 0 radical (unpaired) electrons. The lowest BCUT2D eigenvalue weighted by molar-refractivity contribution is -0.208. The fourth-order valence-corrected chi connectivity index (χ4v) is 7.30. The fourth-order valence-electron chi connectivity index (χ4n) is 7.30. The van der Waals surface area contributed by atoms with E-state index in [0.29, 0.717) is 44.8 Å². The molecule has 9 atom stereocenters. The van der Waals surface area contributed by atoms with Gasteiger partial charge in [-0.25, -0.2) is 9.59 Å². The molecule has 1 aromatic heterocycles. The molecule has 3 saturated heterocycles. The Labute approximate surface area is 382 Å². The first kappa shape index (κ1) is 59.5. The Balaban J connectivity index is 0.00000130. The zero-order chi connectivity index (χ0) is 49.0. The number of nitrogens with zero attached hydrogens (tertiary/aromatic N) is 3. The van der Waals surface area contributed by atoms with Crippen LogP contribution in [0.1, 0.15) is 120 Å². The van der Waals surface area contributed by atoms with Gasteiger partial charge in [0.2, 0.25) is 0 Å². The van der Waals surface area contributed by atoms with Crippen molar-refractivity contribution < 1.29 is 58.0 Å². The molecule has 5 rings (SSSR count). The van der Waals surface area contributed by atoms with E-state index in [1.807, 2.05) is 133 Å². The first-order valence-electron chi connectivity index (χ1n) is 22.7. The third kappa shape index (κ3) is 21.0. The Morgan fingerprint density at radius 2 is 1.66 bits per heavy atom. The number of aliphatic hydroxyl groups excluding tert-OH is 1. The van der Waals surface area contributed by atoms with Crippen LogP contribution in [0.4, 0.5) is 9.59 Å². The molecule has 2 aromatic rings. The van der Waals surface area contributed by atoms with Gasteiger partial charge in [0.1, 0.15) is 37.5 Å². The average molecular weight is 905 g/mol. The molecule has 4 unspecified atom stereocenters. The van der Waals surface area contributed by atoms with Crippen LogP contribution in [0, 0.1) is 17.8 Å². The zero-order valence-corrected chi connectivity index (χ0v) is 40.8. The minimum absolute atomic E-state index is 0.0326. The number of ketones is 1. The lowest BCUT2D eigenvalue weighted by Crippen LogP contribution is -2.62. The molecule has 0 spiro atoms. The summed E-state index contributed by atoms with van der Waals surface area (Å²) in [7, 11) is 4.07. The second-order valence-corrected chi connectivity index (χ2v) is 15.9. The van der Waals surface area contributed by atoms with Crippen LogP contribution in [0.2, 0.25) is 0 Å². The summed E-state index contributed by atoms with van der Waals surface area (Å²) >= 11 is 0. The van der Waals surface area contributed by atoms with Crippen LogP contribution >= 0.6 is 0 Å². The summed E-state index contributed by atoms with van der Waals surface area (Å²) in [5, 5.41) is 18.6. The molecule has 3 aliphatic heterocycles. The zero-order valence-electron chi connectivity index (χ0n) is 40.8. The molecule has 4 heterocycles. The number of esters is 1. The summed E-state index contributed by atoms with van der Waals surface area (Å²) in [6.45, 7) is 24.3. The number of nitrogens with one attached hydrogen (secondary N) is 1. The molecule has 1 aromatic carbocycles. The van der Waals surface area contributed by atoms with Crippen molar-refractivity contribution in [3.05, 3.63) is 48.2 Å². The van der Waals surface area contributed by atoms with Crippen molar-refractivity contribution in [2.24, 2.45) is 17.8 Å². The van der Waals surface area contributed by atoms with Crippen LogP contribution in [0.15, 0.2) is 42.6 Å². The van der Waals surface area contributed by atoms with E-state index >= 15 is 0 Å². The van der Waals surface area contributed by atoms with E-state index < -0.39 is 24.1 Å². The maximum atomic E-state index is 13.2. The third-order valence-electron chi connectivity index (χ3n) is 10.9. The van der Waals surface area contributed by atoms with Gasteiger partial charge in [-0.05, 0) is 97.7 Å². The summed E-state index contributed by atoms with van der Waals surface area (Å²) < 4.78 is 21.8. The highest BCUT2D eigenvalue weighted by Crippen LogP contribution is 2.32. The number of rotatable bonds is 7. The van der Waals surface area contributed by atoms with E-state index in [-0.39, 0.29) is 61.0 Å². The molecule has 16 nitrogen and oxygen atoms in total. The number of amides is 1. The minimum atomic E-state index is -0.936. The summed E-state index contributed by atoms with van der Waals surface area (Å²) in [6.07, 6.45) is 6.72. The van der Waals surface area contributed by atoms with Crippen molar-refractivity contribution in [1.82, 2.24) is 20.3 Å². The first-order valence-corrected chi connectivity index (χ1v) is 22.7. The van der Waals surface area contributed by atoms with Crippen molar-refractivity contribution in [3.8, 4) is 0 Å². The van der Waals surface area contributed by atoms with E-state index in [4.69, 9.17) is 33.7 Å². The van der Waals surface area contributed by atoms with Gasteiger partial charge < -0.3 is 43.8 Å². The number of carbonyl (C=O) groups is 5. The van der Waals surface area contributed by atoms with Crippen LogP contribution in [-0.4, -0.2) is 132 Å². The van der Waals surface area contributed by atoms with Gasteiger partial charge in [-0.15, -0.1) is 0 Å². The Kier molecular flexibility index (Phi) is 30.0. The standard InChI is InChI=1S/C30H38N2O7.C8H17NO2.C5H11NO2.2C2H6.CH2O/c1-19-9-7-13-30(4,16-20(2)27(33)21(3)26-25(39-32-26)18-37-28(19)34)38-29(35)36-14-8-10-22-15-23-11-5-6-12-24(23)31-17-22;1-6-4-7(9(2)3)5-8(10)11-6;1-3-6(4-2)5(7)8;3*1-2/h5-6,8,10-12,15,17,19-21,25-26,32H,7,9,13-14,16,18H2,1-4H3;6-8,10H,4-5H2,1-3H3;3-4H2,1-2H3,(H,7,8);2*1-2H3;1H2/b10-8+;;;;;/t19-,20-,21?,25-,26-,30+;;;;;/m1...../s1. The molecular formula is C48H80N4O12. The summed E-state index contributed by atoms with van der Waals surface area (Å²) in [6, 6.07) is 10.1. The van der Waals surface area contributed by atoms with E-state index in [0.717, 1.165) is 29.3 Å². The molecule has 64 heavy (non-hydrogen) atoms. The highest BCUT2D eigenvalue weighted by molar-refractivity contribution is 5.84. The van der Waals surface area contributed by atoms with E-state index in [1.165, 1.54) is 4.90 Å². The van der Waals surface area contributed by atoms with E-state index in [2.05, 4.69) is 15.4 Å². The highest BCUT2D eigenvalue weighted by Gasteiger charge is 2.43. The maximum absolute atomic E-state index is 13.2. The number of aromatic nitrogens is 1. The van der Waals surface area contributed by atoms with Crippen LogP contribution in [0.3, 0.4) is 0 Å². The number of Topliss-reactive ketones (excluding diaryl/α,β-unsaturated/α-hetero) is 1. The second-order valence-electron chi connectivity index (χ2n) is 15.9. The number of hydroxylamine groups is 1. The van der Waals surface area contributed by atoms with Crippen molar-refractivity contribution in [3.63, 3.8) is 0 Å². The third-order valence-corrected chi connectivity index (χ3v) is 10.9. The quantitative estimate of drug-likeness (QED) is 0.224. The molecule has 0 saturated carbocycles. The Bertz CT molecular complexity index is 1660. The van der Waals surface area contributed by atoms with Gasteiger partial charge >= 0.3 is 18.2 Å². The number of hydrogen-bond donors (Lipinski definition) is 3. The van der Waals surface area contributed by atoms with Crippen LogP contribution < -0.4 is 5.48 Å². The van der Waals surface area contributed by atoms with Crippen LogP contribution in [0.5, 0.6) is 0 Å². The van der Waals surface area contributed by atoms with Gasteiger partial charge in [-0.1, -0.05) is 72.7 Å². The van der Waals surface area contributed by atoms with Gasteiger partial charge in [-0.2, -0.15) is 5.48 Å². The number of para-hydroxylation sites is 1. The molecule has 3 aliphatic rings. The first-order chi connectivity index (χ1) is 30.5. The number of ether oxygens (including phenoxy) is 4. The summed E-state index contributed by atoms with van der Waals surface area (Å²) in [4.78, 5) is 69.7. The van der Waals surface area contributed by atoms with Gasteiger partial charge in [0.05, 0.1) is 23.6 Å². The van der Waals surface area contributed by atoms with Gasteiger partial charge in [-0.3, -0.25) is 19.4 Å². The van der Waals surface area contributed by atoms with Crippen LogP contribution in [0.25, 0.3) is 17.0 Å². The smallest absolute Gasteiger partial charge is 0.465 e. The molecule has 0 bridgehead atoms. The monoisotopic (exact) mass is 905 g/mol. The Morgan fingerprint density at radius 1 is 1.02 bits per heavy atom. The predicted octanol–water partition coefficient (Wildman–Crippen LogP) is 8.33. The fraction of sp³-hybridized carbons (Fsp3) is 0.667. The number of cyclic esters (lactones) is 1. The topological polar surface area (TPSA) is 203 Å². The maximum Gasteiger partial charge on any atom is 0.509 e. The molecular weight excluding hydrogens is 825 g/mol. The predicted molar refractivity (Wildman–Crippen MR) is 249 cm³/mol. The van der Waals surface area contributed by atoms with Crippen molar-refractivity contribution in [1.29, 1.82) is 0 Å². The molecule has 364 valence electrons. The highest BCUT2D eigenvalue weighted by atomic mass is 16.7. The molecule has 0 aliphatic carbocycles. The van der Waals surface area contributed by atoms with Crippen molar-refractivity contribution >= 4 is 47.8 Å². The van der Waals surface area contributed by atoms with Crippen molar-refractivity contribution in [2.45, 2.75) is 151 Å². The van der Waals surface area contributed by atoms with Gasteiger partial charge in [0, 0.05) is 49.0 Å². The van der Waals surface area contributed by atoms with Gasteiger partial charge in [0.15, 0.2) is 6.29 Å². The second kappa shape index (κ2) is 32.2. The number of aliphatic hydroxyl groups is 1. The number of hydrogen-bond acceptors (Lipinski definition) is 14. The van der Waals surface area contributed by atoms with Crippen molar-refractivity contribution in [2.75, 3.05) is 40.4 Å². The lowest BCUT2D eigenvalue weighted by Gasteiger charge is -2.41. The normalized spacial score (nSPS) is 26.8. The van der Waals surface area contributed by atoms with E-state index in [9.17, 15) is 24.3 Å². The summed E-state index contributed by atoms with van der Waals surface area (Å²) in [5.74, 6) is -1.29. The average Bonchev–Trinajstić information content (AvgIpc) is 3.26. The Hall–Kier alpha value is -4.48. The number of carboxylic acid groups (broad SMARTS) is 1. The molecule has 3 N–H and O–H groups in total. The van der Waals surface area contributed by atoms with Crippen LogP contribution in [-0.2, 0) is 38.2 Å². The molecule has 1 amide bonds. The molecule has 3 fully saturated rings. The minimum Gasteiger partial charge on any atom is -0.465 e. The number of benzene rings is 1. The largest absolute Gasteiger partial charge is 0.509 e. The number of pyridine rings is 1. The number of carbonyl (C=O) groups excluding carboxylic acids is 4. The SMILES string of the molecule is C=O.CC.CC.CC1C(=O)[C@H](C)C[C@@](C)(OC(=O)OC/C=C/c2cnc3ccccc3c2)CCC[C@@H](C)C(=O)OC[C@H]2ON[C@H]12.CC1CC(N(C)C)CC(O)O1.CCN(CC)C(=O)O. The Morgan fingerprint density at radius 3 is 2.20 bits per heavy atom.